The lowest BCUT2D eigenvalue weighted by Crippen LogP contribution is -2.31. The van der Waals surface area contributed by atoms with Gasteiger partial charge >= 0.3 is 0 Å². The van der Waals surface area contributed by atoms with Gasteiger partial charge in [-0.2, -0.15) is 0 Å². The minimum atomic E-state index is -0.192. The maximum Gasteiger partial charge on any atom is 0.267 e. The molecule has 0 radical (unpaired) electrons. The average Bonchev–Trinajstić information content (AvgIpc) is 3.02. The van der Waals surface area contributed by atoms with Crippen LogP contribution in [0.15, 0.2) is 28.0 Å². The Morgan fingerprint density at radius 1 is 1.32 bits per heavy atom. The normalized spacial score (nSPS) is 15.5. The van der Waals surface area contributed by atoms with E-state index in [1.54, 1.807) is 28.7 Å². The molecule has 3 rings (SSSR count). The van der Waals surface area contributed by atoms with Gasteiger partial charge < -0.3 is 9.64 Å². The van der Waals surface area contributed by atoms with Crippen molar-refractivity contribution in [3.8, 4) is 0 Å². The molecule has 9 heteroatoms. The third kappa shape index (κ3) is 4.83. The van der Waals surface area contributed by atoms with Gasteiger partial charge in [0.25, 0.3) is 11.5 Å². The number of carbonyl (C=O) groups is 1. The molecular formula is C22H28N4O3S2. The Hall–Kier alpha value is -2.23. The van der Waals surface area contributed by atoms with Crippen LogP contribution in [0, 0.1) is 6.92 Å². The zero-order chi connectivity index (χ0) is 22.5. The summed E-state index contributed by atoms with van der Waals surface area (Å²) in [6.45, 7) is 8.59. The quantitative estimate of drug-likeness (QED) is 0.322. The van der Waals surface area contributed by atoms with Crippen LogP contribution in [0.2, 0.25) is 0 Å². The van der Waals surface area contributed by atoms with Crippen LogP contribution in [-0.4, -0.2) is 57.9 Å². The summed E-state index contributed by atoms with van der Waals surface area (Å²) in [6.07, 6.45) is 4.99. The van der Waals surface area contributed by atoms with Crippen molar-refractivity contribution in [2.24, 2.45) is 0 Å². The predicted octanol–water partition coefficient (Wildman–Crippen LogP) is 3.48. The molecule has 1 aliphatic heterocycles. The first-order valence-electron chi connectivity index (χ1n) is 10.4. The third-order valence-electron chi connectivity index (χ3n) is 5.12. The van der Waals surface area contributed by atoms with E-state index in [1.807, 2.05) is 26.0 Å². The van der Waals surface area contributed by atoms with Gasteiger partial charge in [-0.25, -0.2) is 4.98 Å². The summed E-state index contributed by atoms with van der Waals surface area (Å²) < 4.78 is 7.12. The lowest BCUT2D eigenvalue weighted by atomic mass is 10.2. The van der Waals surface area contributed by atoms with Crippen LogP contribution in [0.5, 0.6) is 0 Å². The first-order valence-corrected chi connectivity index (χ1v) is 11.7. The number of methoxy groups -OCH3 is 1. The second-order valence-corrected chi connectivity index (χ2v) is 8.97. The number of ether oxygens (including phenoxy) is 1. The summed E-state index contributed by atoms with van der Waals surface area (Å²) in [5.41, 5.74) is 1.77. The molecule has 31 heavy (non-hydrogen) atoms. The van der Waals surface area contributed by atoms with Crippen molar-refractivity contribution >= 4 is 51.7 Å². The molecule has 1 amide bonds. The van der Waals surface area contributed by atoms with E-state index in [2.05, 4.69) is 11.8 Å². The van der Waals surface area contributed by atoms with Gasteiger partial charge in [0.15, 0.2) is 0 Å². The molecular weight excluding hydrogens is 432 g/mol. The molecule has 3 heterocycles. The first kappa shape index (κ1) is 23.4. The molecule has 0 unspecified atom stereocenters. The van der Waals surface area contributed by atoms with Gasteiger partial charge in [0, 0.05) is 39.5 Å². The number of carbonyl (C=O) groups excluding carboxylic acids is 1. The Bertz CT molecular complexity index is 1080. The van der Waals surface area contributed by atoms with Crippen molar-refractivity contribution < 1.29 is 9.53 Å². The topological polar surface area (TPSA) is 67.2 Å². The number of amides is 1. The van der Waals surface area contributed by atoms with Crippen molar-refractivity contribution in [3.05, 3.63) is 44.7 Å². The highest BCUT2D eigenvalue weighted by molar-refractivity contribution is 8.26. The Morgan fingerprint density at radius 2 is 2.10 bits per heavy atom. The van der Waals surface area contributed by atoms with Crippen molar-refractivity contribution in [1.29, 1.82) is 0 Å². The number of anilines is 1. The van der Waals surface area contributed by atoms with Crippen molar-refractivity contribution in [2.75, 3.05) is 38.3 Å². The number of thioether (sulfide) groups is 1. The zero-order valence-electron chi connectivity index (χ0n) is 18.4. The molecule has 0 aliphatic carbocycles. The average molecular weight is 461 g/mol. The number of aromatic nitrogens is 2. The lowest BCUT2D eigenvalue weighted by molar-refractivity contribution is -0.122. The molecule has 2 aromatic heterocycles. The Morgan fingerprint density at radius 3 is 2.77 bits per heavy atom. The lowest BCUT2D eigenvalue weighted by Gasteiger charge is -2.23. The van der Waals surface area contributed by atoms with Crippen LogP contribution < -0.4 is 10.5 Å². The minimum Gasteiger partial charge on any atom is -0.385 e. The van der Waals surface area contributed by atoms with E-state index in [-0.39, 0.29) is 11.5 Å². The van der Waals surface area contributed by atoms with Crippen LogP contribution in [-0.2, 0) is 9.53 Å². The molecule has 0 spiro atoms. The zero-order valence-corrected chi connectivity index (χ0v) is 20.0. The fourth-order valence-electron chi connectivity index (χ4n) is 3.54. The monoisotopic (exact) mass is 460 g/mol. The highest BCUT2D eigenvalue weighted by Crippen LogP contribution is 2.33. The summed E-state index contributed by atoms with van der Waals surface area (Å²) in [7, 11) is 1.63. The number of hydrogen-bond acceptors (Lipinski definition) is 7. The third-order valence-corrected chi connectivity index (χ3v) is 6.50. The number of rotatable bonds is 9. The molecule has 166 valence electrons. The van der Waals surface area contributed by atoms with Crippen molar-refractivity contribution in [1.82, 2.24) is 14.3 Å². The van der Waals surface area contributed by atoms with Gasteiger partial charge in [0.2, 0.25) is 0 Å². The van der Waals surface area contributed by atoms with Crippen LogP contribution in [0.1, 0.15) is 37.8 Å². The van der Waals surface area contributed by atoms with Crippen molar-refractivity contribution in [3.63, 3.8) is 0 Å². The molecule has 1 saturated heterocycles. The number of pyridine rings is 1. The maximum absolute atomic E-state index is 13.5. The van der Waals surface area contributed by atoms with Crippen LogP contribution in [0.25, 0.3) is 11.7 Å². The van der Waals surface area contributed by atoms with Gasteiger partial charge in [-0.3, -0.25) is 18.9 Å². The van der Waals surface area contributed by atoms with Gasteiger partial charge in [0.1, 0.15) is 15.8 Å². The van der Waals surface area contributed by atoms with Crippen molar-refractivity contribution in [2.45, 2.75) is 33.6 Å². The molecule has 0 atom stereocenters. The molecule has 0 bridgehead atoms. The molecule has 0 aromatic carbocycles. The smallest absolute Gasteiger partial charge is 0.267 e. The van der Waals surface area contributed by atoms with E-state index in [1.165, 1.54) is 11.8 Å². The number of aryl methyl sites for hydroxylation is 1. The summed E-state index contributed by atoms with van der Waals surface area (Å²) in [4.78, 5) is 35.4. The molecule has 1 fully saturated rings. The van der Waals surface area contributed by atoms with Gasteiger partial charge in [0.05, 0.1) is 10.5 Å². The highest BCUT2D eigenvalue weighted by atomic mass is 32.2. The van der Waals surface area contributed by atoms with Crippen LogP contribution in [0.4, 0.5) is 5.82 Å². The standard InChI is InChI=1S/C22H28N4O3S2/c1-5-10-24(6-2)19-16(20(27)25-11-7-9-15(3)18(25)23-19)14-17-21(28)26(22(30)31-17)12-8-13-29-4/h7,9,11,14H,5-6,8,10,12-13H2,1-4H3/b17-14-. The van der Waals surface area contributed by atoms with Crippen LogP contribution in [0.3, 0.4) is 0 Å². The largest absolute Gasteiger partial charge is 0.385 e. The van der Waals surface area contributed by atoms with E-state index in [0.29, 0.717) is 52.4 Å². The maximum atomic E-state index is 13.5. The Kier molecular flexibility index (Phi) is 7.85. The fourth-order valence-corrected chi connectivity index (χ4v) is 4.83. The summed E-state index contributed by atoms with van der Waals surface area (Å²) in [6, 6.07) is 3.76. The Labute approximate surface area is 192 Å². The van der Waals surface area contributed by atoms with Gasteiger partial charge in [-0.15, -0.1) is 0 Å². The number of fused-ring (bicyclic) bond motifs is 1. The minimum absolute atomic E-state index is 0.177. The second-order valence-electron chi connectivity index (χ2n) is 7.30. The van der Waals surface area contributed by atoms with E-state index in [0.717, 1.165) is 18.5 Å². The number of nitrogens with zero attached hydrogens (tertiary/aromatic N) is 4. The molecule has 0 N–H and O–H groups in total. The summed E-state index contributed by atoms with van der Waals surface area (Å²) in [5, 5.41) is 0. The second kappa shape index (κ2) is 10.4. The van der Waals surface area contributed by atoms with Crippen LogP contribution >= 0.6 is 24.0 Å². The van der Waals surface area contributed by atoms with E-state index in [9.17, 15) is 9.59 Å². The van der Waals surface area contributed by atoms with Gasteiger partial charge in [-0.1, -0.05) is 37.0 Å². The molecule has 0 saturated carbocycles. The first-order chi connectivity index (χ1) is 14.9. The fraction of sp³-hybridized carbons (Fsp3) is 0.455. The Balaban J connectivity index is 2.12. The molecule has 7 nitrogen and oxygen atoms in total. The highest BCUT2D eigenvalue weighted by Gasteiger charge is 2.32. The predicted molar refractivity (Wildman–Crippen MR) is 131 cm³/mol. The van der Waals surface area contributed by atoms with E-state index >= 15 is 0 Å². The van der Waals surface area contributed by atoms with E-state index in [4.69, 9.17) is 21.9 Å². The SMILES string of the molecule is CCCN(CC)c1nc2c(C)cccn2c(=O)c1/C=C1\SC(=S)N(CCCOC)C1=O. The summed E-state index contributed by atoms with van der Waals surface area (Å²) >= 11 is 6.64. The van der Waals surface area contributed by atoms with E-state index < -0.39 is 0 Å². The van der Waals surface area contributed by atoms with Gasteiger partial charge in [-0.05, 0) is 44.4 Å². The molecule has 2 aromatic rings. The number of thiocarbonyl (C=S) groups is 1. The summed E-state index contributed by atoms with van der Waals surface area (Å²) in [5.74, 6) is 0.428. The molecule has 1 aliphatic rings. The number of hydrogen-bond donors (Lipinski definition) is 0.